The average molecular weight is 421 g/mol. The molecule has 0 bridgehead atoms. The maximum atomic E-state index is 13.1. The van der Waals surface area contributed by atoms with E-state index >= 15 is 0 Å². The molecular formula is C28H23NO3. The van der Waals surface area contributed by atoms with Crippen molar-refractivity contribution in [2.75, 3.05) is 7.11 Å². The number of aromatic nitrogens is 1. The Kier molecular flexibility index (Phi) is 5.34. The van der Waals surface area contributed by atoms with E-state index in [4.69, 9.17) is 9.47 Å². The summed E-state index contributed by atoms with van der Waals surface area (Å²) in [5.74, 6) is 0.421. The average Bonchev–Trinajstić information content (AvgIpc) is 3.16. The standard InChI is InChI=1S/C28H23NO3/c1-31-22-15-16-25-24(17-22)27-23(28(30)32-19-21-11-6-3-7-12-21)13-8-14-26(27)29(25)18-20-9-4-2-5-10-20/h2-17H,18-19H2,1H3. The van der Waals surface area contributed by atoms with Crippen LogP contribution in [0.25, 0.3) is 21.8 Å². The van der Waals surface area contributed by atoms with Crippen molar-refractivity contribution in [3.8, 4) is 5.75 Å². The van der Waals surface area contributed by atoms with Crippen molar-refractivity contribution in [2.24, 2.45) is 0 Å². The van der Waals surface area contributed by atoms with Gasteiger partial charge in [0.2, 0.25) is 0 Å². The van der Waals surface area contributed by atoms with E-state index in [1.165, 1.54) is 5.56 Å². The van der Waals surface area contributed by atoms with E-state index in [9.17, 15) is 4.79 Å². The highest BCUT2D eigenvalue weighted by atomic mass is 16.5. The lowest BCUT2D eigenvalue weighted by atomic mass is 10.1. The summed E-state index contributed by atoms with van der Waals surface area (Å²) in [5, 5.41) is 1.86. The summed E-state index contributed by atoms with van der Waals surface area (Å²) in [5.41, 5.74) is 4.75. The lowest BCUT2D eigenvalue weighted by molar-refractivity contribution is 0.0475. The molecule has 0 fully saturated rings. The molecule has 4 aromatic carbocycles. The minimum atomic E-state index is -0.332. The maximum absolute atomic E-state index is 13.1. The van der Waals surface area contributed by atoms with Gasteiger partial charge in [0.25, 0.3) is 0 Å². The highest BCUT2D eigenvalue weighted by molar-refractivity contribution is 6.17. The minimum absolute atomic E-state index is 0.238. The Labute approximate surface area is 186 Å². The van der Waals surface area contributed by atoms with Crippen LogP contribution in [-0.2, 0) is 17.9 Å². The zero-order valence-electron chi connectivity index (χ0n) is 17.8. The van der Waals surface area contributed by atoms with Gasteiger partial charge in [0, 0.05) is 22.8 Å². The molecule has 158 valence electrons. The first-order valence-electron chi connectivity index (χ1n) is 10.6. The smallest absolute Gasteiger partial charge is 0.339 e. The van der Waals surface area contributed by atoms with Crippen LogP contribution in [0.2, 0.25) is 0 Å². The number of nitrogens with zero attached hydrogens (tertiary/aromatic N) is 1. The molecule has 4 heteroatoms. The van der Waals surface area contributed by atoms with Crippen molar-refractivity contribution in [1.82, 2.24) is 4.57 Å². The summed E-state index contributed by atoms with van der Waals surface area (Å²) < 4.78 is 13.4. The van der Waals surface area contributed by atoms with Crippen LogP contribution in [0.15, 0.2) is 97.1 Å². The number of hydrogen-bond acceptors (Lipinski definition) is 3. The van der Waals surface area contributed by atoms with E-state index in [-0.39, 0.29) is 12.6 Å². The normalized spacial score (nSPS) is 11.0. The van der Waals surface area contributed by atoms with Crippen LogP contribution in [0.4, 0.5) is 0 Å². The predicted octanol–water partition coefficient (Wildman–Crippen LogP) is 6.21. The SMILES string of the molecule is COc1ccc2c(c1)c1c(C(=O)OCc3ccccc3)cccc1n2Cc1ccccc1. The number of hydrogen-bond donors (Lipinski definition) is 0. The van der Waals surface area contributed by atoms with Gasteiger partial charge in [-0.2, -0.15) is 0 Å². The van der Waals surface area contributed by atoms with Crippen molar-refractivity contribution in [2.45, 2.75) is 13.2 Å². The molecule has 5 aromatic rings. The summed E-state index contributed by atoms with van der Waals surface area (Å²) in [6, 6.07) is 31.8. The third-order valence-corrected chi connectivity index (χ3v) is 5.71. The van der Waals surface area contributed by atoms with Gasteiger partial charge in [-0.1, -0.05) is 66.7 Å². The molecule has 0 aliphatic rings. The Hall–Kier alpha value is -4.05. The fourth-order valence-electron chi connectivity index (χ4n) is 4.16. The molecule has 0 N–H and O–H groups in total. The van der Waals surface area contributed by atoms with E-state index in [0.29, 0.717) is 12.1 Å². The van der Waals surface area contributed by atoms with E-state index in [1.807, 2.05) is 72.8 Å². The van der Waals surface area contributed by atoms with E-state index in [0.717, 1.165) is 33.1 Å². The van der Waals surface area contributed by atoms with E-state index in [1.54, 1.807) is 7.11 Å². The van der Waals surface area contributed by atoms with Crippen LogP contribution in [0, 0.1) is 0 Å². The van der Waals surface area contributed by atoms with Gasteiger partial charge in [0.1, 0.15) is 12.4 Å². The van der Waals surface area contributed by atoms with Crippen LogP contribution >= 0.6 is 0 Å². The van der Waals surface area contributed by atoms with Crippen LogP contribution in [0.1, 0.15) is 21.5 Å². The van der Waals surface area contributed by atoms with Crippen molar-refractivity contribution in [1.29, 1.82) is 0 Å². The number of benzene rings is 4. The van der Waals surface area contributed by atoms with Gasteiger partial charge >= 0.3 is 5.97 Å². The highest BCUT2D eigenvalue weighted by Gasteiger charge is 2.19. The third kappa shape index (κ3) is 3.71. The zero-order valence-corrected chi connectivity index (χ0v) is 17.8. The molecule has 0 saturated heterocycles. The Morgan fingerprint density at radius 3 is 2.22 bits per heavy atom. The number of carbonyl (C=O) groups excluding carboxylic acids is 1. The van der Waals surface area contributed by atoms with Crippen molar-refractivity contribution < 1.29 is 14.3 Å². The van der Waals surface area contributed by atoms with Gasteiger partial charge in [-0.05, 0) is 41.5 Å². The third-order valence-electron chi connectivity index (χ3n) is 5.71. The largest absolute Gasteiger partial charge is 0.497 e. The molecule has 0 saturated carbocycles. The predicted molar refractivity (Wildman–Crippen MR) is 127 cm³/mol. The molecule has 0 unspecified atom stereocenters. The minimum Gasteiger partial charge on any atom is -0.497 e. The monoisotopic (exact) mass is 421 g/mol. The molecular weight excluding hydrogens is 398 g/mol. The molecule has 0 aliphatic heterocycles. The summed E-state index contributed by atoms with van der Waals surface area (Å²) in [6.07, 6.45) is 0. The van der Waals surface area contributed by atoms with E-state index in [2.05, 4.69) is 28.8 Å². The summed E-state index contributed by atoms with van der Waals surface area (Å²) in [7, 11) is 1.65. The topological polar surface area (TPSA) is 40.5 Å². The maximum Gasteiger partial charge on any atom is 0.339 e. The van der Waals surface area contributed by atoms with Gasteiger partial charge in [0.15, 0.2) is 0 Å². The Morgan fingerprint density at radius 2 is 1.50 bits per heavy atom. The van der Waals surface area contributed by atoms with Gasteiger partial charge < -0.3 is 14.0 Å². The van der Waals surface area contributed by atoms with Gasteiger partial charge in [-0.3, -0.25) is 0 Å². The number of carbonyl (C=O) groups is 1. The molecule has 0 aliphatic carbocycles. The second kappa shape index (κ2) is 8.60. The molecule has 0 radical (unpaired) electrons. The molecule has 0 spiro atoms. The molecule has 4 nitrogen and oxygen atoms in total. The lowest BCUT2D eigenvalue weighted by Crippen LogP contribution is -2.06. The van der Waals surface area contributed by atoms with Crippen LogP contribution < -0.4 is 4.74 Å². The zero-order chi connectivity index (χ0) is 21.9. The Morgan fingerprint density at radius 1 is 0.781 bits per heavy atom. The molecule has 0 amide bonds. The number of esters is 1. The second-order valence-electron chi connectivity index (χ2n) is 7.72. The van der Waals surface area contributed by atoms with Crippen molar-refractivity contribution >= 4 is 27.8 Å². The van der Waals surface area contributed by atoms with Gasteiger partial charge in [0.05, 0.1) is 18.2 Å². The van der Waals surface area contributed by atoms with Crippen molar-refractivity contribution in [3.63, 3.8) is 0 Å². The summed E-state index contributed by atoms with van der Waals surface area (Å²) in [4.78, 5) is 13.1. The molecule has 1 heterocycles. The Bertz CT molecular complexity index is 1390. The molecule has 0 atom stereocenters. The Balaban J connectivity index is 1.63. The number of ether oxygens (including phenoxy) is 2. The fraction of sp³-hybridized carbons (Fsp3) is 0.107. The first-order chi connectivity index (χ1) is 15.7. The number of rotatable bonds is 6. The van der Waals surface area contributed by atoms with Crippen LogP contribution in [-0.4, -0.2) is 17.6 Å². The van der Waals surface area contributed by atoms with Crippen LogP contribution in [0.3, 0.4) is 0 Å². The van der Waals surface area contributed by atoms with Crippen LogP contribution in [0.5, 0.6) is 5.75 Å². The van der Waals surface area contributed by atoms with Gasteiger partial charge in [-0.25, -0.2) is 4.79 Å². The number of methoxy groups -OCH3 is 1. The summed E-state index contributed by atoms with van der Waals surface area (Å²) in [6.45, 7) is 0.942. The van der Waals surface area contributed by atoms with Gasteiger partial charge in [-0.15, -0.1) is 0 Å². The molecule has 5 rings (SSSR count). The second-order valence-corrected chi connectivity index (χ2v) is 7.72. The summed E-state index contributed by atoms with van der Waals surface area (Å²) >= 11 is 0. The number of fused-ring (bicyclic) bond motifs is 3. The van der Waals surface area contributed by atoms with Crippen molar-refractivity contribution in [3.05, 3.63) is 114 Å². The molecule has 1 aromatic heterocycles. The lowest BCUT2D eigenvalue weighted by Gasteiger charge is -2.09. The first kappa shape index (κ1) is 19.9. The highest BCUT2D eigenvalue weighted by Crippen LogP contribution is 2.35. The van der Waals surface area contributed by atoms with E-state index < -0.39 is 0 Å². The quantitative estimate of drug-likeness (QED) is 0.306. The fourth-order valence-corrected chi connectivity index (χ4v) is 4.16. The molecule has 32 heavy (non-hydrogen) atoms. The first-order valence-corrected chi connectivity index (χ1v) is 10.6.